The number of fused-ring (bicyclic) bond motifs is 3. The zero-order chi connectivity index (χ0) is 18.0. The van der Waals surface area contributed by atoms with Crippen molar-refractivity contribution in [2.75, 3.05) is 0 Å². The summed E-state index contributed by atoms with van der Waals surface area (Å²) in [4.78, 5) is 0. The molecular weight excluding hydrogens is 318 g/mol. The van der Waals surface area contributed by atoms with Gasteiger partial charge in [-0.3, -0.25) is 0 Å². The molecule has 3 aromatic carbocycles. The van der Waals surface area contributed by atoms with Crippen molar-refractivity contribution in [3.8, 4) is 22.8 Å². The maximum atomic E-state index is 6.47. The van der Waals surface area contributed by atoms with Gasteiger partial charge in [-0.15, -0.1) is 0 Å². The van der Waals surface area contributed by atoms with E-state index in [-0.39, 0.29) is 0 Å². The van der Waals surface area contributed by atoms with E-state index in [4.69, 9.17) is 4.74 Å². The summed E-state index contributed by atoms with van der Waals surface area (Å²) in [6, 6.07) is 17.4. The van der Waals surface area contributed by atoms with Crippen molar-refractivity contribution in [1.29, 1.82) is 0 Å². The molecule has 0 fully saturated rings. The van der Waals surface area contributed by atoms with Crippen molar-refractivity contribution in [3.05, 3.63) is 65.9 Å². The molecule has 1 aliphatic heterocycles. The molecule has 0 spiro atoms. The van der Waals surface area contributed by atoms with Crippen molar-refractivity contribution in [2.24, 2.45) is 7.05 Å². The van der Waals surface area contributed by atoms with Crippen molar-refractivity contribution in [3.63, 3.8) is 0 Å². The fourth-order valence-corrected chi connectivity index (χ4v) is 4.19. The molecule has 0 aliphatic carbocycles. The van der Waals surface area contributed by atoms with Gasteiger partial charge in [-0.1, -0.05) is 44.2 Å². The van der Waals surface area contributed by atoms with Crippen LogP contribution in [0.25, 0.3) is 32.8 Å². The summed E-state index contributed by atoms with van der Waals surface area (Å²) in [6.45, 7) is 6.66. The van der Waals surface area contributed by atoms with Gasteiger partial charge >= 0.3 is 0 Å². The van der Waals surface area contributed by atoms with Crippen LogP contribution in [0.2, 0.25) is 0 Å². The van der Waals surface area contributed by atoms with Gasteiger partial charge in [0.2, 0.25) is 5.69 Å². The molecule has 0 atom stereocenters. The quantitative estimate of drug-likeness (QED) is 0.340. The Morgan fingerprint density at radius 1 is 0.923 bits per heavy atom. The van der Waals surface area contributed by atoms with E-state index in [0.717, 1.165) is 11.5 Å². The van der Waals surface area contributed by atoms with Crippen molar-refractivity contribution in [1.82, 2.24) is 0 Å². The van der Waals surface area contributed by atoms with E-state index in [2.05, 4.69) is 87.1 Å². The van der Waals surface area contributed by atoms with E-state index in [1.165, 1.54) is 43.9 Å². The summed E-state index contributed by atoms with van der Waals surface area (Å²) in [7, 11) is 2.12. The third-order valence-electron chi connectivity index (χ3n) is 5.62. The lowest BCUT2D eigenvalue weighted by molar-refractivity contribution is -0.659. The highest BCUT2D eigenvalue weighted by atomic mass is 16.5. The van der Waals surface area contributed by atoms with Crippen LogP contribution < -0.4 is 9.30 Å². The molecule has 0 unspecified atom stereocenters. The van der Waals surface area contributed by atoms with Crippen LogP contribution in [0.1, 0.15) is 30.9 Å². The third-order valence-corrected chi connectivity index (χ3v) is 5.62. The molecule has 2 heterocycles. The number of hydrogen-bond donors (Lipinski definition) is 0. The molecule has 0 bridgehead atoms. The van der Waals surface area contributed by atoms with Crippen molar-refractivity contribution in [2.45, 2.75) is 26.7 Å². The predicted molar refractivity (Wildman–Crippen MR) is 107 cm³/mol. The highest BCUT2D eigenvalue weighted by Gasteiger charge is 2.30. The number of ether oxygens (including phenoxy) is 1. The Labute approximate surface area is 153 Å². The molecule has 0 N–H and O–H groups in total. The summed E-state index contributed by atoms with van der Waals surface area (Å²) in [5, 5.41) is 4.97. The minimum atomic E-state index is 0.469. The summed E-state index contributed by atoms with van der Waals surface area (Å²) in [6.07, 6.45) is 2.16. The van der Waals surface area contributed by atoms with Crippen LogP contribution >= 0.6 is 0 Å². The second kappa shape index (κ2) is 5.31. The van der Waals surface area contributed by atoms with Crippen LogP contribution in [-0.4, -0.2) is 0 Å². The summed E-state index contributed by atoms with van der Waals surface area (Å²) in [5.74, 6) is 2.40. The fourth-order valence-electron chi connectivity index (χ4n) is 4.19. The monoisotopic (exact) mass is 340 g/mol. The second-order valence-electron chi connectivity index (χ2n) is 7.61. The Morgan fingerprint density at radius 3 is 2.54 bits per heavy atom. The van der Waals surface area contributed by atoms with Crippen LogP contribution in [0.3, 0.4) is 0 Å². The molecule has 2 nitrogen and oxygen atoms in total. The van der Waals surface area contributed by atoms with Crippen LogP contribution in [0.5, 0.6) is 11.5 Å². The summed E-state index contributed by atoms with van der Waals surface area (Å²) < 4.78 is 8.70. The van der Waals surface area contributed by atoms with E-state index in [1.807, 2.05) is 0 Å². The van der Waals surface area contributed by atoms with Gasteiger partial charge in [0, 0.05) is 6.07 Å². The lowest BCUT2D eigenvalue weighted by Crippen LogP contribution is -2.31. The Bertz CT molecular complexity index is 1200. The van der Waals surface area contributed by atoms with Gasteiger partial charge in [0.15, 0.2) is 6.20 Å². The first-order chi connectivity index (χ1) is 12.5. The number of pyridine rings is 1. The first-order valence-electron chi connectivity index (χ1n) is 9.21. The molecule has 0 amide bonds. The van der Waals surface area contributed by atoms with Crippen LogP contribution in [0.4, 0.5) is 0 Å². The van der Waals surface area contributed by atoms with E-state index in [1.54, 1.807) is 0 Å². The van der Waals surface area contributed by atoms with Crippen LogP contribution in [0, 0.1) is 6.92 Å². The molecule has 5 rings (SSSR count). The minimum absolute atomic E-state index is 0.469. The van der Waals surface area contributed by atoms with Gasteiger partial charge < -0.3 is 4.74 Å². The lowest BCUT2D eigenvalue weighted by atomic mass is 9.90. The maximum absolute atomic E-state index is 6.47. The smallest absolute Gasteiger partial charge is 0.228 e. The average Bonchev–Trinajstić information content (AvgIpc) is 2.63. The molecule has 26 heavy (non-hydrogen) atoms. The number of aromatic nitrogens is 1. The Hall–Kier alpha value is -2.87. The molecule has 4 aromatic rings. The molecule has 0 saturated heterocycles. The van der Waals surface area contributed by atoms with Gasteiger partial charge in [0.25, 0.3) is 0 Å². The molecular formula is C24H22NO+. The van der Waals surface area contributed by atoms with Gasteiger partial charge in [-0.2, -0.15) is 0 Å². The molecule has 0 saturated carbocycles. The molecule has 0 radical (unpaired) electrons. The SMILES string of the molecule is Cc1c2c(cc3ccccc13)Oc1cc(C(C)C)cc3cc[n+](C)c-2c13. The number of nitrogens with zero attached hydrogens (tertiary/aromatic N) is 1. The number of benzene rings is 3. The number of rotatable bonds is 1. The first kappa shape index (κ1) is 15.4. The lowest BCUT2D eigenvalue weighted by Gasteiger charge is -2.23. The van der Waals surface area contributed by atoms with E-state index >= 15 is 0 Å². The van der Waals surface area contributed by atoms with Crippen LogP contribution in [-0.2, 0) is 7.05 Å². The second-order valence-corrected chi connectivity index (χ2v) is 7.61. The average molecular weight is 340 g/mol. The molecule has 1 aromatic heterocycles. The van der Waals surface area contributed by atoms with Crippen LogP contribution in [0.15, 0.2) is 54.7 Å². The number of hydrogen-bond acceptors (Lipinski definition) is 1. The Kier molecular flexibility index (Phi) is 3.14. The van der Waals surface area contributed by atoms with Gasteiger partial charge in [-0.25, -0.2) is 4.57 Å². The Balaban J connectivity index is 1.95. The molecule has 128 valence electrons. The molecule has 1 aliphatic rings. The van der Waals surface area contributed by atoms with Gasteiger partial charge in [-0.05, 0) is 52.3 Å². The Morgan fingerprint density at radius 2 is 1.73 bits per heavy atom. The van der Waals surface area contributed by atoms with E-state index in [9.17, 15) is 0 Å². The normalized spacial score (nSPS) is 12.5. The topological polar surface area (TPSA) is 13.1 Å². The van der Waals surface area contributed by atoms with E-state index < -0.39 is 0 Å². The molecule has 2 heteroatoms. The van der Waals surface area contributed by atoms with Crippen molar-refractivity contribution >= 4 is 21.5 Å². The maximum Gasteiger partial charge on any atom is 0.228 e. The fraction of sp³-hybridized carbons (Fsp3) is 0.208. The van der Waals surface area contributed by atoms with E-state index in [0.29, 0.717) is 5.92 Å². The zero-order valence-electron chi connectivity index (χ0n) is 15.6. The predicted octanol–water partition coefficient (Wildman–Crippen LogP) is 6.02. The summed E-state index contributed by atoms with van der Waals surface area (Å²) >= 11 is 0. The first-order valence-corrected chi connectivity index (χ1v) is 9.21. The number of aryl methyl sites for hydroxylation is 2. The van der Waals surface area contributed by atoms with Crippen molar-refractivity contribution < 1.29 is 9.30 Å². The van der Waals surface area contributed by atoms with Gasteiger partial charge in [0.05, 0.1) is 10.9 Å². The highest BCUT2D eigenvalue weighted by molar-refractivity contribution is 6.05. The minimum Gasteiger partial charge on any atom is -0.456 e. The zero-order valence-corrected chi connectivity index (χ0v) is 15.6. The summed E-state index contributed by atoms with van der Waals surface area (Å²) in [5.41, 5.74) is 5.05. The standard InChI is InChI=1S/C24H22NO/c1-14(2)18-11-17-9-10-25(4)24-22-15(3)19-8-6-5-7-16(19)12-20(22)26-21(13-18)23(17)24/h5-14H,1-4H3/q+1. The van der Waals surface area contributed by atoms with Gasteiger partial charge in [0.1, 0.15) is 18.5 Å². The highest BCUT2D eigenvalue weighted by Crippen LogP contribution is 2.48. The largest absolute Gasteiger partial charge is 0.456 e. The third kappa shape index (κ3) is 2.02.